The van der Waals surface area contributed by atoms with Crippen LogP contribution in [0.2, 0.25) is 10.0 Å². The fourth-order valence-electron chi connectivity index (χ4n) is 2.10. The van der Waals surface area contributed by atoms with Crippen LogP contribution in [0.3, 0.4) is 0 Å². The number of nitrogens with one attached hydrogen (secondary N) is 1. The van der Waals surface area contributed by atoms with Gasteiger partial charge >= 0.3 is 0 Å². The number of hydrogen-bond acceptors (Lipinski definition) is 3. The lowest BCUT2D eigenvalue weighted by atomic mass is 10.2. The third-order valence-electron chi connectivity index (χ3n) is 3.39. The first kappa shape index (κ1) is 19.5. The Kier molecular flexibility index (Phi) is 7.05. The zero-order valence-corrected chi connectivity index (χ0v) is 15.5. The number of anilines is 1. The Labute approximate surface area is 156 Å². The molecule has 0 saturated carbocycles. The number of carbonyl (C=O) groups is 1. The van der Waals surface area contributed by atoms with Crippen molar-refractivity contribution in [1.82, 2.24) is 4.90 Å². The van der Waals surface area contributed by atoms with Gasteiger partial charge in [0.05, 0.1) is 22.2 Å². The van der Waals surface area contributed by atoms with Crippen molar-refractivity contribution in [3.05, 3.63) is 57.8 Å². The summed E-state index contributed by atoms with van der Waals surface area (Å²) in [6.45, 7) is 1.57. The molecule has 0 aliphatic carbocycles. The molecule has 2 aromatic carbocycles. The molecule has 1 amide bonds. The molecular formula is C18H19Cl2FN2O2. The molecule has 0 aliphatic heterocycles. The maximum absolute atomic E-state index is 13.5. The predicted octanol–water partition coefficient (Wildman–Crippen LogP) is 4.72. The Morgan fingerprint density at radius 2 is 1.84 bits per heavy atom. The molecule has 0 atom stereocenters. The van der Waals surface area contributed by atoms with Gasteiger partial charge < -0.3 is 15.0 Å². The van der Waals surface area contributed by atoms with Crippen LogP contribution < -0.4 is 10.1 Å². The highest BCUT2D eigenvalue weighted by Gasteiger charge is 2.14. The van der Waals surface area contributed by atoms with Gasteiger partial charge in [-0.05, 0) is 56.9 Å². The van der Waals surface area contributed by atoms with Crippen LogP contribution in [0.4, 0.5) is 10.1 Å². The van der Waals surface area contributed by atoms with E-state index < -0.39 is 11.7 Å². The van der Waals surface area contributed by atoms with E-state index in [1.807, 2.05) is 14.1 Å². The second-order valence-corrected chi connectivity index (χ2v) is 6.54. The van der Waals surface area contributed by atoms with E-state index in [4.69, 9.17) is 27.9 Å². The van der Waals surface area contributed by atoms with Crippen molar-refractivity contribution in [1.29, 1.82) is 0 Å². The second-order valence-electron chi connectivity index (χ2n) is 5.73. The molecular weight excluding hydrogens is 366 g/mol. The first-order chi connectivity index (χ1) is 11.9. The highest BCUT2D eigenvalue weighted by molar-refractivity contribution is 6.37. The Hall–Kier alpha value is -1.82. The number of hydrogen-bond donors (Lipinski definition) is 1. The molecule has 4 nitrogen and oxygen atoms in total. The standard InChI is InChI=1S/C18H19Cl2FN2O2/c1-23(2)8-3-9-25-13-6-4-12(5-7-13)22-18(24)14-10-17(21)16(20)11-15(14)19/h4-7,10-11H,3,8-9H2,1-2H3,(H,22,24). The number of benzene rings is 2. The van der Waals surface area contributed by atoms with Crippen molar-refractivity contribution in [3.8, 4) is 5.75 Å². The molecule has 0 aliphatic rings. The first-order valence-corrected chi connectivity index (χ1v) is 8.46. The van der Waals surface area contributed by atoms with Crippen LogP contribution in [-0.2, 0) is 0 Å². The van der Waals surface area contributed by atoms with Gasteiger partial charge in [0.2, 0.25) is 0 Å². The van der Waals surface area contributed by atoms with Crippen molar-refractivity contribution in [2.45, 2.75) is 6.42 Å². The van der Waals surface area contributed by atoms with E-state index in [1.165, 1.54) is 6.07 Å². The minimum absolute atomic E-state index is 0.0209. The molecule has 0 spiro atoms. The topological polar surface area (TPSA) is 41.6 Å². The highest BCUT2D eigenvalue weighted by atomic mass is 35.5. The van der Waals surface area contributed by atoms with Crippen molar-refractivity contribution < 1.29 is 13.9 Å². The smallest absolute Gasteiger partial charge is 0.257 e. The van der Waals surface area contributed by atoms with E-state index in [-0.39, 0.29) is 15.6 Å². The van der Waals surface area contributed by atoms with E-state index in [1.54, 1.807) is 24.3 Å². The molecule has 0 heterocycles. The quantitative estimate of drug-likeness (QED) is 0.554. The SMILES string of the molecule is CN(C)CCCOc1ccc(NC(=O)c2cc(F)c(Cl)cc2Cl)cc1. The van der Waals surface area contributed by atoms with Crippen LogP contribution in [0.25, 0.3) is 0 Å². The summed E-state index contributed by atoms with van der Waals surface area (Å²) in [5, 5.41) is 2.62. The summed E-state index contributed by atoms with van der Waals surface area (Å²) in [4.78, 5) is 14.3. The molecule has 0 saturated heterocycles. The molecule has 7 heteroatoms. The van der Waals surface area contributed by atoms with Gasteiger partial charge in [-0.1, -0.05) is 23.2 Å². The number of amides is 1. The lowest BCUT2D eigenvalue weighted by Crippen LogP contribution is -2.15. The Morgan fingerprint density at radius 3 is 2.48 bits per heavy atom. The monoisotopic (exact) mass is 384 g/mol. The molecule has 1 N–H and O–H groups in total. The number of halogens is 3. The fourth-order valence-corrected chi connectivity index (χ4v) is 2.57. The number of nitrogens with zero attached hydrogens (tertiary/aromatic N) is 1. The number of carbonyl (C=O) groups excluding carboxylic acids is 1. The van der Waals surface area contributed by atoms with Crippen molar-refractivity contribution in [2.75, 3.05) is 32.6 Å². The third kappa shape index (κ3) is 5.88. The minimum Gasteiger partial charge on any atom is -0.494 e. The second kappa shape index (κ2) is 9.04. The Morgan fingerprint density at radius 1 is 1.16 bits per heavy atom. The van der Waals surface area contributed by atoms with Gasteiger partial charge in [0, 0.05) is 12.2 Å². The van der Waals surface area contributed by atoms with Crippen molar-refractivity contribution in [3.63, 3.8) is 0 Å². The summed E-state index contributed by atoms with van der Waals surface area (Å²) in [7, 11) is 4.02. The summed E-state index contributed by atoms with van der Waals surface area (Å²) in [6, 6.07) is 9.16. The first-order valence-electron chi connectivity index (χ1n) is 7.70. The lowest BCUT2D eigenvalue weighted by molar-refractivity contribution is 0.102. The summed E-state index contributed by atoms with van der Waals surface area (Å²) in [5.74, 6) is -0.495. The van der Waals surface area contributed by atoms with Crippen LogP contribution in [0.5, 0.6) is 5.75 Å². The molecule has 25 heavy (non-hydrogen) atoms. The third-order valence-corrected chi connectivity index (χ3v) is 3.99. The fraction of sp³-hybridized carbons (Fsp3) is 0.278. The lowest BCUT2D eigenvalue weighted by Gasteiger charge is -2.11. The Balaban J connectivity index is 1.94. The molecule has 0 unspecified atom stereocenters. The molecule has 0 radical (unpaired) electrons. The van der Waals surface area contributed by atoms with Gasteiger partial charge in [-0.15, -0.1) is 0 Å². The van der Waals surface area contributed by atoms with Crippen molar-refractivity contribution in [2.24, 2.45) is 0 Å². The van der Waals surface area contributed by atoms with Gasteiger partial charge in [-0.3, -0.25) is 4.79 Å². The summed E-state index contributed by atoms with van der Waals surface area (Å²) in [5.41, 5.74) is 0.574. The van der Waals surface area contributed by atoms with Crippen LogP contribution >= 0.6 is 23.2 Å². The van der Waals surface area contributed by atoms with Gasteiger partial charge in [0.1, 0.15) is 11.6 Å². The van der Waals surface area contributed by atoms with Gasteiger partial charge in [0.15, 0.2) is 0 Å². The summed E-state index contributed by atoms with van der Waals surface area (Å²) >= 11 is 11.6. The summed E-state index contributed by atoms with van der Waals surface area (Å²) in [6.07, 6.45) is 0.923. The van der Waals surface area contributed by atoms with Crippen molar-refractivity contribution >= 4 is 34.8 Å². The minimum atomic E-state index is -0.697. The maximum Gasteiger partial charge on any atom is 0.257 e. The zero-order valence-electron chi connectivity index (χ0n) is 14.0. The number of rotatable bonds is 7. The van der Waals surface area contributed by atoms with E-state index in [0.717, 1.165) is 19.0 Å². The van der Waals surface area contributed by atoms with E-state index in [0.29, 0.717) is 18.0 Å². The van der Waals surface area contributed by atoms with Crippen LogP contribution in [0.1, 0.15) is 16.8 Å². The van der Waals surface area contributed by atoms with E-state index >= 15 is 0 Å². The molecule has 2 rings (SSSR count). The number of ether oxygens (including phenoxy) is 1. The Bertz CT molecular complexity index is 737. The molecule has 0 fully saturated rings. The van der Waals surface area contributed by atoms with Gasteiger partial charge in [-0.2, -0.15) is 0 Å². The average molecular weight is 385 g/mol. The average Bonchev–Trinajstić information content (AvgIpc) is 2.56. The van der Waals surface area contributed by atoms with Crippen LogP contribution in [0.15, 0.2) is 36.4 Å². The van der Waals surface area contributed by atoms with Gasteiger partial charge in [0.25, 0.3) is 5.91 Å². The predicted molar refractivity (Wildman–Crippen MR) is 99.5 cm³/mol. The van der Waals surface area contributed by atoms with Crippen LogP contribution in [0, 0.1) is 5.82 Å². The van der Waals surface area contributed by atoms with E-state index in [9.17, 15) is 9.18 Å². The van der Waals surface area contributed by atoms with Gasteiger partial charge in [-0.25, -0.2) is 4.39 Å². The highest BCUT2D eigenvalue weighted by Crippen LogP contribution is 2.25. The molecule has 2 aromatic rings. The van der Waals surface area contributed by atoms with E-state index in [2.05, 4.69) is 10.2 Å². The largest absolute Gasteiger partial charge is 0.494 e. The molecule has 0 bridgehead atoms. The maximum atomic E-state index is 13.5. The molecule has 134 valence electrons. The zero-order chi connectivity index (χ0) is 18.4. The van der Waals surface area contributed by atoms with Crippen LogP contribution in [-0.4, -0.2) is 38.1 Å². The molecule has 0 aromatic heterocycles. The summed E-state index contributed by atoms with van der Waals surface area (Å²) < 4.78 is 19.1. The normalized spacial score (nSPS) is 10.8.